The molecule has 0 spiro atoms. The zero-order valence-electron chi connectivity index (χ0n) is 13.7. The van der Waals surface area contributed by atoms with Crippen molar-refractivity contribution in [2.75, 3.05) is 26.2 Å². The Bertz CT molecular complexity index is 530. The smallest absolute Gasteiger partial charge is 0.410 e. The van der Waals surface area contributed by atoms with Gasteiger partial charge in [0, 0.05) is 38.1 Å². The van der Waals surface area contributed by atoms with Gasteiger partial charge in [0.2, 0.25) is 0 Å². The molecular formula is C15H24N4O4. The summed E-state index contributed by atoms with van der Waals surface area (Å²) in [6.07, 6.45) is 1.35. The highest BCUT2D eigenvalue weighted by Gasteiger charge is 2.28. The summed E-state index contributed by atoms with van der Waals surface area (Å²) in [6, 6.07) is 2.65. The van der Waals surface area contributed by atoms with E-state index < -0.39 is 17.6 Å². The quantitative estimate of drug-likeness (QED) is 0.770. The molecule has 1 fully saturated rings. The standard InChI is InChI=1S/C15H24N4O4/c1-15(2,3)23-14(22)18-7-9-19(10-8-18)17-12(13(20)21)11-5-4-6-16-11/h4-6,12,16-17H,7-10H2,1-3H3,(H,20,21). The number of carbonyl (C=O) groups excluding carboxylic acids is 1. The summed E-state index contributed by atoms with van der Waals surface area (Å²) in [5.74, 6) is -0.956. The molecule has 3 N–H and O–H groups in total. The van der Waals surface area contributed by atoms with Crippen molar-refractivity contribution in [1.82, 2.24) is 20.3 Å². The fourth-order valence-corrected chi connectivity index (χ4v) is 2.31. The fourth-order valence-electron chi connectivity index (χ4n) is 2.31. The Balaban J connectivity index is 1.86. The number of nitrogens with zero attached hydrogens (tertiary/aromatic N) is 2. The van der Waals surface area contributed by atoms with Gasteiger partial charge in [-0.1, -0.05) is 0 Å². The van der Waals surface area contributed by atoms with E-state index in [1.165, 1.54) is 0 Å². The number of aromatic nitrogens is 1. The number of aliphatic carboxylic acids is 1. The van der Waals surface area contributed by atoms with Crippen LogP contribution in [0.2, 0.25) is 0 Å². The topological polar surface area (TPSA) is 97.9 Å². The highest BCUT2D eigenvalue weighted by molar-refractivity contribution is 5.74. The molecule has 8 nitrogen and oxygen atoms in total. The lowest BCUT2D eigenvalue weighted by molar-refractivity contribution is -0.141. The molecule has 0 radical (unpaired) electrons. The van der Waals surface area contributed by atoms with Crippen LogP contribution in [0.5, 0.6) is 0 Å². The second-order valence-corrected chi connectivity index (χ2v) is 6.48. The van der Waals surface area contributed by atoms with Crippen LogP contribution in [0.25, 0.3) is 0 Å². The zero-order chi connectivity index (χ0) is 17.0. The van der Waals surface area contributed by atoms with E-state index in [2.05, 4.69) is 10.4 Å². The Labute approximate surface area is 135 Å². The number of carbonyl (C=O) groups is 2. The Morgan fingerprint density at radius 2 is 1.96 bits per heavy atom. The lowest BCUT2D eigenvalue weighted by Gasteiger charge is -2.36. The van der Waals surface area contributed by atoms with E-state index >= 15 is 0 Å². The molecule has 1 aromatic heterocycles. The van der Waals surface area contributed by atoms with Gasteiger partial charge >= 0.3 is 12.1 Å². The first kappa shape index (κ1) is 17.3. The normalized spacial score (nSPS) is 17.8. The number of hydrazine groups is 1. The van der Waals surface area contributed by atoms with Crippen molar-refractivity contribution in [1.29, 1.82) is 0 Å². The Morgan fingerprint density at radius 1 is 1.30 bits per heavy atom. The van der Waals surface area contributed by atoms with Gasteiger partial charge in [-0.3, -0.25) is 4.79 Å². The Kier molecular flexibility index (Phi) is 5.27. The minimum Gasteiger partial charge on any atom is -0.480 e. The van der Waals surface area contributed by atoms with Crippen molar-refractivity contribution >= 4 is 12.1 Å². The molecule has 1 saturated heterocycles. The Hall–Kier alpha value is -2.06. The molecule has 1 amide bonds. The van der Waals surface area contributed by atoms with Gasteiger partial charge in [-0.15, -0.1) is 0 Å². The fraction of sp³-hybridized carbons (Fsp3) is 0.600. The molecule has 1 atom stereocenters. The van der Waals surface area contributed by atoms with Crippen LogP contribution < -0.4 is 5.43 Å². The molecule has 8 heteroatoms. The minimum absolute atomic E-state index is 0.337. The number of ether oxygens (including phenoxy) is 1. The number of hydrogen-bond donors (Lipinski definition) is 3. The molecule has 2 rings (SSSR count). The van der Waals surface area contributed by atoms with E-state index in [1.807, 2.05) is 25.8 Å². The van der Waals surface area contributed by atoms with Crippen LogP contribution in [0.4, 0.5) is 4.79 Å². The van der Waals surface area contributed by atoms with E-state index in [-0.39, 0.29) is 6.09 Å². The molecule has 0 bridgehead atoms. The number of carboxylic acid groups (broad SMARTS) is 1. The lowest BCUT2D eigenvalue weighted by atomic mass is 10.2. The van der Waals surface area contributed by atoms with Gasteiger partial charge in [0.1, 0.15) is 5.60 Å². The number of carboxylic acids is 1. The average Bonchev–Trinajstić information content (AvgIpc) is 2.97. The van der Waals surface area contributed by atoms with Gasteiger partial charge in [0.15, 0.2) is 6.04 Å². The molecule has 0 aromatic carbocycles. The van der Waals surface area contributed by atoms with E-state index in [0.717, 1.165) is 0 Å². The monoisotopic (exact) mass is 324 g/mol. The number of hydrogen-bond acceptors (Lipinski definition) is 5. The number of nitrogens with one attached hydrogen (secondary N) is 2. The number of rotatable bonds is 4. The summed E-state index contributed by atoms with van der Waals surface area (Å²) in [5.41, 5.74) is 3.06. The van der Waals surface area contributed by atoms with Crippen molar-refractivity contribution in [3.8, 4) is 0 Å². The van der Waals surface area contributed by atoms with E-state index in [4.69, 9.17) is 4.74 Å². The second kappa shape index (κ2) is 7.01. The number of piperazine rings is 1. The molecule has 1 unspecified atom stereocenters. The highest BCUT2D eigenvalue weighted by Crippen LogP contribution is 2.14. The maximum atomic E-state index is 12.0. The van der Waals surface area contributed by atoms with Crippen LogP contribution >= 0.6 is 0 Å². The highest BCUT2D eigenvalue weighted by atomic mass is 16.6. The van der Waals surface area contributed by atoms with Gasteiger partial charge in [0.25, 0.3) is 0 Å². The van der Waals surface area contributed by atoms with E-state index in [9.17, 15) is 14.7 Å². The van der Waals surface area contributed by atoms with Crippen LogP contribution in [0.15, 0.2) is 18.3 Å². The summed E-state index contributed by atoms with van der Waals surface area (Å²) in [5, 5.41) is 11.2. The molecule has 1 aromatic rings. The third kappa shape index (κ3) is 4.97. The van der Waals surface area contributed by atoms with Crippen LogP contribution in [0.3, 0.4) is 0 Å². The molecule has 0 saturated carbocycles. The largest absolute Gasteiger partial charge is 0.480 e. The molecule has 128 valence electrons. The van der Waals surface area contributed by atoms with Crippen LogP contribution in [0.1, 0.15) is 32.5 Å². The van der Waals surface area contributed by atoms with Crippen LogP contribution in [0, 0.1) is 0 Å². The summed E-state index contributed by atoms with van der Waals surface area (Å²) in [6.45, 7) is 7.52. The molecular weight excluding hydrogens is 300 g/mol. The van der Waals surface area contributed by atoms with Crippen LogP contribution in [-0.2, 0) is 9.53 Å². The first-order chi connectivity index (χ1) is 10.8. The number of H-pyrrole nitrogens is 1. The molecule has 0 aliphatic carbocycles. The summed E-state index contributed by atoms with van der Waals surface area (Å²) < 4.78 is 5.34. The van der Waals surface area contributed by atoms with Crippen molar-refractivity contribution < 1.29 is 19.4 Å². The lowest BCUT2D eigenvalue weighted by Crippen LogP contribution is -2.55. The van der Waals surface area contributed by atoms with Gasteiger partial charge < -0.3 is 19.7 Å². The maximum Gasteiger partial charge on any atom is 0.410 e. The van der Waals surface area contributed by atoms with Crippen LogP contribution in [-0.4, -0.2) is 63.8 Å². The molecule has 23 heavy (non-hydrogen) atoms. The molecule has 1 aliphatic rings. The third-order valence-corrected chi connectivity index (χ3v) is 3.42. The van der Waals surface area contributed by atoms with E-state index in [0.29, 0.717) is 31.9 Å². The minimum atomic E-state index is -0.956. The van der Waals surface area contributed by atoms with Crippen molar-refractivity contribution in [3.63, 3.8) is 0 Å². The van der Waals surface area contributed by atoms with Gasteiger partial charge in [-0.2, -0.15) is 0 Å². The average molecular weight is 324 g/mol. The number of amides is 1. The number of aromatic amines is 1. The summed E-state index contributed by atoms with van der Waals surface area (Å²) >= 11 is 0. The van der Waals surface area contributed by atoms with Gasteiger partial charge in [-0.05, 0) is 32.9 Å². The molecule has 1 aliphatic heterocycles. The summed E-state index contributed by atoms with van der Waals surface area (Å²) in [4.78, 5) is 27.9. The predicted molar refractivity (Wildman–Crippen MR) is 83.7 cm³/mol. The third-order valence-electron chi connectivity index (χ3n) is 3.42. The zero-order valence-corrected chi connectivity index (χ0v) is 13.7. The van der Waals surface area contributed by atoms with Crippen molar-refractivity contribution in [2.45, 2.75) is 32.4 Å². The second-order valence-electron chi connectivity index (χ2n) is 6.48. The van der Waals surface area contributed by atoms with Gasteiger partial charge in [-0.25, -0.2) is 15.2 Å². The van der Waals surface area contributed by atoms with Gasteiger partial charge in [0.05, 0.1) is 0 Å². The van der Waals surface area contributed by atoms with Crippen molar-refractivity contribution in [2.24, 2.45) is 0 Å². The first-order valence-corrected chi connectivity index (χ1v) is 7.61. The SMILES string of the molecule is CC(C)(C)OC(=O)N1CCN(NC(C(=O)O)c2ccc[nH]2)CC1. The Morgan fingerprint density at radius 3 is 2.43 bits per heavy atom. The maximum absolute atomic E-state index is 12.0. The van der Waals surface area contributed by atoms with E-state index in [1.54, 1.807) is 23.2 Å². The van der Waals surface area contributed by atoms with Crippen molar-refractivity contribution in [3.05, 3.63) is 24.0 Å². The first-order valence-electron chi connectivity index (χ1n) is 7.61. The summed E-state index contributed by atoms with van der Waals surface area (Å²) in [7, 11) is 0. The molecule has 2 heterocycles. The predicted octanol–water partition coefficient (Wildman–Crippen LogP) is 1.20.